The molecule has 0 unspecified atom stereocenters. The Morgan fingerprint density at radius 2 is 0.719 bits per heavy atom. The molecule has 0 radical (unpaired) electrons. The second-order valence-corrected chi connectivity index (χ2v) is 11.1. The molecule has 0 aromatic carbocycles. The lowest BCUT2D eigenvalue weighted by Gasteiger charge is -2.28. The molecule has 0 amide bonds. The molecule has 0 aromatic heterocycles. The van der Waals surface area contributed by atoms with Gasteiger partial charge in [-0.2, -0.15) is 0 Å². The second-order valence-electron chi connectivity index (χ2n) is 8.38. The lowest BCUT2D eigenvalue weighted by atomic mass is 10.0. The van der Waals surface area contributed by atoms with Crippen LogP contribution < -0.4 is 0 Å². The zero-order valence-corrected chi connectivity index (χ0v) is 24.0. The highest BCUT2D eigenvalue weighted by atomic mass is 28.4. The molecule has 0 aliphatic rings. The van der Waals surface area contributed by atoms with Gasteiger partial charge in [-0.1, -0.05) is 104 Å². The molecule has 0 aliphatic carbocycles. The van der Waals surface area contributed by atoms with E-state index >= 15 is 0 Å². The summed E-state index contributed by atoms with van der Waals surface area (Å²) in [6.45, 7) is 13.1. The van der Waals surface area contributed by atoms with E-state index in [1.807, 2.05) is 34.6 Å². The van der Waals surface area contributed by atoms with Gasteiger partial charge in [0.05, 0.1) is 0 Å². The quantitative estimate of drug-likeness (QED) is 0.0973. The third kappa shape index (κ3) is 23.2. The van der Waals surface area contributed by atoms with Crippen LogP contribution in [0.1, 0.15) is 137 Å². The molecule has 5 heteroatoms. The minimum Gasteiger partial charge on any atom is -0.385 e. The van der Waals surface area contributed by atoms with Gasteiger partial charge < -0.3 is 18.0 Å². The van der Waals surface area contributed by atoms with Crippen LogP contribution in [0.15, 0.2) is 0 Å². The fourth-order valence-electron chi connectivity index (χ4n) is 4.06. The van der Waals surface area contributed by atoms with Crippen molar-refractivity contribution in [2.24, 2.45) is 0 Å². The third-order valence-corrected chi connectivity index (χ3v) is 8.83. The SMILES string of the molecule is CC.CCO[Si](CCCCCCCCCCCCCCCCCCOC)(OCC)OCC. The Labute approximate surface area is 203 Å². The largest absolute Gasteiger partial charge is 0.500 e. The number of hydrogen-bond acceptors (Lipinski definition) is 4. The fraction of sp³-hybridized carbons (Fsp3) is 1.00. The van der Waals surface area contributed by atoms with Crippen molar-refractivity contribution < 1.29 is 18.0 Å². The van der Waals surface area contributed by atoms with E-state index in [1.165, 1.54) is 103 Å². The lowest BCUT2D eigenvalue weighted by molar-refractivity contribution is 0.0706. The first-order valence-corrected chi connectivity index (χ1v) is 16.1. The molecule has 0 atom stereocenters. The summed E-state index contributed by atoms with van der Waals surface area (Å²) in [4.78, 5) is 0. The molecule has 0 N–H and O–H groups in total. The number of methoxy groups -OCH3 is 1. The molecule has 0 saturated carbocycles. The molecular formula is C27H60O4Si. The Balaban J connectivity index is 0. The normalized spacial score (nSPS) is 11.4. The highest BCUT2D eigenvalue weighted by Crippen LogP contribution is 2.21. The second kappa shape index (κ2) is 29.1. The van der Waals surface area contributed by atoms with Crippen molar-refractivity contribution >= 4 is 8.80 Å². The van der Waals surface area contributed by atoms with Crippen LogP contribution in [0.4, 0.5) is 0 Å². The molecule has 0 fully saturated rings. The Kier molecular flexibility index (Phi) is 31.1. The smallest absolute Gasteiger partial charge is 0.385 e. The van der Waals surface area contributed by atoms with Crippen molar-refractivity contribution in [3.8, 4) is 0 Å². The first kappa shape index (κ1) is 34.2. The van der Waals surface area contributed by atoms with E-state index in [2.05, 4.69) is 0 Å². The number of hydrogen-bond donors (Lipinski definition) is 0. The van der Waals surface area contributed by atoms with Crippen molar-refractivity contribution in [1.82, 2.24) is 0 Å². The summed E-state index contributed by atoms with van der Waals surface area (Å²) in [6.07, 6.45) is 21.9. The Morgan fingerprint density at radius 1 is 0.438 bits per heavy atom. The summed E-state index contributed by atoms with van der Waals surface area (Å²) in [7, 11) is -0.617. The van der Waals surface area contributed by atoms with Crippen LogP contribution in [0.25, 0.3) is 0 Å². The van der Waals surface area contributed by atoms with Crippen LogP contribution in [-0.2, 0) is 18.0 Å². The molecule has 0 rings (SSSR count). The molecule has 196 valence electrons. The molecule has 4 nitrogen and oxygen atoms in total. The lowest BCUT2D eigenvalue weighted by Crippen LogP contribution is -2.45. The average Bonchev–Trinajstić information content (AvgIpc) is 2.80. The Morgan fingerprint density at radius 3 is 1.00 bits per heavy atom. The summed E-state index contributed by atoms with van der Waals surface area (Å²) in [6, 6.07) is 0.968. The van der Waals surface area contributed by atoms with Crippen molar-refractivity contribution in [3.63, 3.8) is 0 Å². The third-order valence-electron chi connectivity index (χ3n) is 5.67. The van der Waals surface area contributed by atoms with Gasteiger partial charge in [0, 0.05) is 39.6 Å². The number of rotatable bonds is 25. The van der Waals surface area contributed by atoms with Gasteiger partial charge in [0.1, 0.15) is 0 Å². The van der Waals surface area contributed by atoms with Crippen molar-refractivity contribution in [2.75, 3.05) is 33.5 Å². The van der Waals surface area contributed by atoms with E-state index in [0.29, 0.717) is 19.8 Å². The molecule has 32 heavy (non-hydrogen) atoms. The standard InChI is InChI=1S/C25H54O4Si.C2H6/c1-5-27-30(28-6-2,29-7-3)25-23-21-19-17-15-13-11-9-8-10-12-14-16-18-20-22-24-26-4;1-2/h5-25H2,1-4H3;1-2H3. The molecular weight excluding hydrogens is 416 g/mol. The van der Waals surface area contributed by atoms with Gasteiger partial charge >= 0.3 is 8.80 Å². The monoisotopic (exact) mass is 476 g/mol. The van der Waals surface area contributed by atoms with Crippen molar-refractivity contribution in [3.05, 3.63) is 0 Å². The number of ether oxygens (including phenoxy) is 1. The number of unbranched alkanes of at least 4 members (excludes halogenated alkanes) is 15. The Hall–Kier alpha value is 0.0569. The highest BCUT2D eigenvalue weighted by molar-refractivity contribution is 6.60. The van der Waals surface area contributed by atoms with Gasteiger partial charge in [-0.3, -0.25) is 0 Å². The first-order chi connectivity index (χ1) is 15.7. The topological polar surface area (TPSA) is 36.9 Å². The summed E-state index contributed by atoms with van der Waals surface area (Å²) in [5.74, 6) is 0. The van der Waals surface area contributed by atoms with Crippen molar-refractivity contribution in [2.45, 2.75) is 143 Å². The average molecular weight is 477 g/mol. The molecule has 0 aliphatic heterocycles. The van der Waals surface area contributed by atoms with E-state index in [-0.39, 0.29) is 0 Å². The van der Waals surface area contributed by atoms with Crippen LogP contribution in [0.2, 0.25) is 6.04 Å². The summed E-state index contributed by atoms with van der Waals surface area (Å²) in [5, 5.41) is 0. The van der Waals surface area contributed by atoms with Gasteiger partial charge in [-0.25, -0.2) is 0 Å². The van der Waals surface area contributed by atoms with Crippen LogP contribution in [-0.4, -0.2) is 42.3 Å². The van der Waals surface area contributed by atoms with E-state index in [4.69, 9.17) is 18.0 Å². The summed E-state index contributed by atoms with van der Waals surface area (Å²) in [5.41, 5.74) is 0. The summed E-state index contributed by atoms with van der Waals surface area (Å²) < 4.78 is 22.9. The maximum Gasteiger partial charge on any atom is 0.500 e. The van der Waals surface area contributed by atoms with E-state index in [1.54, 1.807) is 7.11 Å². The molecule has 0 aromatic rings. The van der Waals surface area contributed by atoms with E-state index in [9.17, 15) is 0 Å². The van der Waals surface area contributed by atoms with Gasteiger partial charge in [0.25, 0.3) is 0 Å². The van der Waals surface area contributed by atoms with E-state index < -0.39 is 8.80 Å². The van der Waals surface area contributed by atoms with Gasteiger partial charge in [0.15, 0.2) is 0 Å². The van der Waals surface area contributed by atoms with Crippen LogP contribution in [0.5, 0.6) is 0 Å². The fourth-order valence-corrected chi connectivity index (χ4v) is 6.75. The first-order valence-electron chi connectivity index (χ1n) is 14.2. The maximum atomic E-state index is 5.93. The van der Waals surface area contributed by atoms with Crippen molar-refractivity contribution in [1.29, 1.82) is 0 Å². The zero-order chi connectivity index (χ0) is 24.2. The van der Waals surface area contributed by atoms with Crippen LogP contribution >= 0.6 is 0 Å². The Bertz CT molecular complexity index is 312. The molecule has 0 saturated heterocycles. The molecule has 0 bridgehead atoms. The summed E-state index contributed by atoms with van der Waals surface area (Å²) >= 11 is 0. The molecule has 0 spiro atoms. The predicted octanol–water partition coefficient (Wildman–Crippen LogP) is 8.95. The molecule has 0 heterocycles. The van der Waals surface area contributed by atoms with Gasteiger partial charge in [0.2, 0.25) is 0 Å². The van der Waals surface area contributed by atoms with Crippen LogP contribution in [0.3, 0.4) is 0 Å². The minimum absolute atomic E-state index is 0.682. The van der Waals surface area contributed by atoms with Crippen LogP contribution in [0, 0.1) is 0 Å². The minimum atomic E-state index is -2.41. The zero-order valence-electron chi connectivity index (χ0n) is 23.0. The highest BCUT2D eigenvalue weighted by Gasteiger charge is 2.39. The van der Waals surface area contributed by atoms with Gasteiger partial charge in [-0.05, 0) is 33.6 Å². The maximum absolute atomic E-state index is 5.93. The van der Waals surface area contributed by atoms with E-state index in [0.717, 1.165) is 12.7 Å². The predicted molar refractivity (Wildman–Crippen MR) is 143 cm³/mol. The van der Waals surface area contributed by atoms with Gasteiger partial charge in [-0.15, -0.1) is 0 Å².